The van der Waals surface area contributed by atoms with Crippen LogP contribution < -0.4 is 0 Å². The first-order valence-electron chi connectivity index (χ1n) is 8.24. The van der Waals surface area contributed by atoms with Gasteiger partial charge in [-0.3, -0.25) is 14.4 Å². The van der Waals surface area contributed by atoms with Crippen molar-refractivity contribution in [2.24, 2.45) is 7.05 Å². The second kappa shape index (κ2) is 6.07. The predicted molar refractivity (Wildman–Crippen MR) is 86.2 cm³/mol. The van der Waals surface area contributed by atoms with E-state index in [2.05, 4.69) is 5.10 Å². The fraction of sp³-hybridized carbons (Fsp3) is 0.750. The highest BCUT2D eigenvalue weighted by atomic mass is 19.3. The molecule has 3 heterocycles. The Morgan fingerprint density at radius 1 is 1.42 bits per heavy atom. The van der Waals surface area contributed by atoms with Gasteiger partial charge in [-0.05, 0) is 27.1 Å². The number of nitrogens with zero attached hydrogens (tertiary/aromatic N) is 5. The molecule has 0 saturated carbocycles. The third-order valence-electron chi connectivity index (χ3n) is 4.94. The number of amides is 1. The molecule has 0 spiro atoms. The summed E-state index contributed by atoms with van der Waals surface area (Å²) >= 11 is 0. The summed E-state index contributed by atoms with van der Waals surface area (Å²) in [5.41, 5.74) is 1.34. The largest absolute Gasteiger partial charge is 0.334 e. The Kier molecular flexibility index (Phi) is 4.37. The zero-order valence-electron chi connectivity index (χ0n) is 14.7. The van der Waals surface area contributed by atoms with Gasteiger partial charge in [0.2, 0.25) is 0 Å². The predicted octanol–water partition coefficient (Wildman–Crippen LogP) is 0.824. The number of likely N-dealkylation sites (tertiary alicyclic amines) is 2. The Bertz CT molecular complexity index is 604. The number of rotatable bonds is 4. The molecule has 3 rings (SSSR count). The Hall–Kier alpha value is -1.54. The van der Waals surface area contributed by atoms with Gasteiger partial charge in [0.15, 0.2) is 5.69 Å². The van der Waals surface area contributed by atoms with Crippen molar-refractivity contribution < 1.29 is 13.6 Å². The molecular formula is C16H25F2N5O. The van der Waals surface area contributed by atoms with Crippen molar-refractivity contribution in [1.29, 1.82) is 0 Å². The normalized spacial score (nSPS) is 24.6. The van der Waals surface area contributed by atoms with Gasteiger partial charge in [0.25, 0.3) is 11.8 Å². The SMILES string of the molecule is Cc1cc(C(=O)N2CC(N3CC(F)(F)C[C@H]3CN(C)C)C2)nn1C. The zero-order valence-corrected chi connectivity index (χ0v) is 14.7. The van der Waals surface area contributed by atoms with E-state index < -0.39 is 5.92 Å². The lowest BCUT2D eigenvalue weighted by molar-refractivity contribution is -0.0116. The molecule has 1 aromatic rings. The summed E-state index contributed by atoms with van der Waals surface area (Å²) in [4.78, 5) is 17.9. The average molecular weight is 341 g/mol. The van der Waals surface area contributed by atoms with Crippen LogP contribution in [0.4, 0.5) is 8.78 Å². The highest BCUT2D eigenvalue weighted by molar-refractivity contribution is 5.93. The molecule has 0 N–H and O–H groups in total. The molecule has 0 aliphatic carbocycles. The van der Waals surface area contributed by atoms with Gasteiger partial charge in [-0.25, -0.2) is 8.78 Å². The molecular weight excluding hydrogens is 316 g/mol. The van der Waals surface area contributed by atoms with Crippen LogP contribution in [0.5, 0.6) is 0 Å². The van der Waals surface area contributed by atoms with Crippen LogP contribution in [0.2, 0.25) is 0 Å². The summed E-state index contributed by atoms with van der Waals surface area (Å²) in [6.45, 7) is 3.28. The van der Waals surface area contributed by atoms with Crippen LogP contribution in [0, 0.1) is 6.92 Å². The Morgan fingerprint density at radius 3 is 2.62 bits per heavy atom. The van der Waals surface area contributed by atoms with Crippen LogP contribution in [0.3, 0.4) is 0 Å². The second-order valence-corrected chi connectivity index (χ2v) is 7.31. The van der Waals surface area contributed by atoms with E-state index in [1.807, 2.05) is 30.8 Å². The van der Waals surface area contributed by atoms with Gasteiger partial charge >= 0.3 is 0 Å². The molecule has 24 heavy (non-hydrogen) atoms. The Labute approximate surface area is 141 Å². The molecule has 0 bridgehead atoms. The Morgan fingerprint density at radius 2 is 2.08 bits per heavy atom. The fourth-order valence-electron chi connectivity index (χ4n) is 3.60. The maximum Gasteiger partial charge on any atom is 0.274 e. The lowest BCUT2D eigenvalue weighted by Gasteiger charge is -2.46. The molecule has 2 saturated heterocycles. The van der Waals surface area contributed by atoms with Crippen molar-refractivity contribution in [3.8, 4) is 0 Å². The highest BCUT2D eigenvalue weighted by Gasteiger charge is 2.50. The van der Waals surface area contributed by atoms with Gasteiger partial charge in [-0.1, -0.05) is 0 Å². The van der Waals surface area contributed by atoms with E-state index in [1.54, 1.807) is 22.7 Å². The fourth-order valence-corrected chi connectivity index (χ4v) is 3.60. The molecule has 1 atom stereocenters. The van der Waals surface area contributed by atoms with E-state index in [-0.39, 0.29) is 31.0 Å². The summed E-state index contributed by atoms with van der Waals surface area (Å²) in [6.07, 6.45) is -0.102. The summed E-state index contributed by atoms with van der Waals surface area (Å²) in [5.74, 6) is -2.76. The molecule has 134 valence electrons. The van der Waals surface area contributed by atoms with Crippen molar-refractivity contribution in [2.75, 3.05) is 40.3 Å². The maximum atomic E-state index is 13.8. The molecule has 0 radical (unpaired) electrons. The number of aromatic nitrogens is 2. The van der Waals surface area contributed by atoms with Crippen molar-refractivity contribution in [3.05, 3.63) is 17.5 Å². The van der Waals surface area contributed by atoms with Crippen LogP contribution in [0.1, 0.15) is 22.6 Å². The summed E-state index contributed by atoms with van der Waals surface area (Å²) in [7, 11) is 5.59. The monoisotopic (exact) mass is 341 g/mol. The van der Waals surface area contributed by atoms with E-state index >= 15 is 0 Å². The number of likely N-dealkylation sites (N-methyl/N-ethyl adjacent to an activating group) is 1. The maximum absolute atomic E-state index is 13.8. The van der Waals surface area contributed by atoms with E-state index in [0.717, 1.165) is 5.69 Å². The van der Waals surface area contributed by atoms with Crippen molar-refractivity contribution in [1.82, 2.24) is 24.5 Å². The van der Waals surface area contributed by atoms with Crippen LogP contribution in [-0.4, -0.2) is 88.7 Å². The standard InChI is InChI=1S/C16H25F2N5O/c1-11-5-14(19-21(11)4)15(24)22-8-13(9-22)23-10-16(17,18)6-12(23)7-20(2)3/h5,12-13H,6-10H2,1-4H3/t12-/m0/s1. The van der Waals surface area contributed by atoms with E-state index in [0.29, 0.717) is 25.3 Å². The molecule has 2 aliphatic heterocycles. The van der Waals surface area contributed by atoms with Crippen molar-refractivity contribution >= 4 is 5.91 Å². The quantitative estimate of drug-likeness (QED) is 0.814. The number of halogens is 2. The van der Waals surface area contributed by atoms with Crippen LogP contribution in [0.15, 0.2) is 6.07 Å². The van der Waals surface area contributed by atoms with Gasteiger partial charge in [-0.2, -0.15) is 5.10 Å². The van der Waals surface area contributed by atoms with Gasteiger partial charge < -0.3 is 9.80 Å². The topological polar surface area (TPSA) is 44.6 Å². The first kappa shape index (κ1) is 17.3. The van der Waals surface area contributed by atoms with E-state index in [1.165, 1.54) is 0 Å². The third kappa shape index (κ3) is 3.30. The zero-order chi connectivity index (χ0) is 17.6. The van der Waals surface area contributed by atoms with Gasteiger partial charge in [0.05, 0.1) is 6.54 Å². The molecule has 2 aliphatic rings. The third-order valence-corrected chi connectivity index (χ3v) is 4.94. The highest BCUT2D eigenvalue weighted by Crippen LogP contribution is 2.35. The summed E-state index contributed by atoms with van der Waals surface area (Å²) < 4.78 is 29.3. The van der Waals surface area contributed by atoms with E-state index in [4.69, 9.17) is 0 Å². The molecule has 1 amide bonds. The molecule has 2 fully saturated rings. The molecule has 0 aromatic carbocycles. The minimum Gasteiger partial charge on any atom is -0.334 e. The number of hydrogen-bond donors (Lipinski definition) is 0. The Balaban J connectivity index is 1.61. The minimum atomic E-state index is -2.64. The second-order valence-electron chi connectivity index (χ2n) is 7.31. The number of hydrogen-bond acceptors (Lipinski definition) is 4. The lowest BCUT2D eigenvalue weighted by atomic mass is 10.0. The first-order chi connectivity index (χ1) is 11.2. The number of alkyl halides is 2. The van der Waals surface area contributed by atoms with Gasteiger partial charge in [0, 0.05) is 50.9 Å². The van der Waals surface area contributed by atoms with Crippen molar-refractivity contribution in [3.63, 3.8) is 0 Å². The minimum absolute atomic E-state index is 0.0112. The number of carbonyl (C=O) groups is 1. The van der Waals surface area contributed by atoms with Crippen LogP contribution in [-0.2, 0) is 7.05 Å². The van der Waals surface area contributed by atoms with Gasteiger partial charge in [0.1, 0.15) is 0 Å². The first-order valence-corrected chi connectivity index (χ1v) is 8.24. The smallest absolute Gasteiger partial charge is 0.274 e. The average Bonchev–Trinajstić information content (AvgIpc) is 2.87. The lowest BCUT2D eigenvalue weighted by Crippen LogP contribution is -2.63. The molecule has 1 aromatic heterocycles. The van der Waals surface area contributed by atoms with Crippen LogP contribution >= 0.6 is 0 Å². The summed E-state index contributed by atoms with van der Waals surface area (Å²) in [6, 6.07) is 1.61. The van der Waals surface area contributed by atoms with E-state index in [9.17, 15) is 13.6 Å². The molecule has 6 nitrogen and oxygen atoms in total. The van der Waals surface area contributed by atoms with Gasteiger partial charge in [-0.15, -0.1) is 0 Å². The summed E-state index contributed by atoms with van der Waals surface area (Å²) in [5, 5.41) is 4.20. The van der Waals surface area contributed by atoms with Crippen molar-refractivity contribution in [2.45, 2.75) is 31.4 Å². The number of aryl methyl sites for hydroxylation is 2. The van der Waals surface area contributed by atoms with Crippen LogP contribution in [0.25, 0.3) is 0 Å². The number of carbonyl (C=O) groups excluding carboxylic acids is 1. The molecule has 0 unspecified atom stereocenters. The molecule has 8 heteroatoms.